The molecule has 2 atom stereocenters. The summed E-state index contributed by atoms with van der Waals surface area (Å²) in [5.74, 6) is 0.513. The summed E-state index contributed by atoms with van der Waals surface area (Å²) in [6.45, 7) is 0.995. The van der Waals surface area contributed by atoms with Gasteiger partial charge in [0.15, 0.2) is 0 Å². The van der Waals surface area contributed by atoms with E-state index in [4.69, 9.17) is 0 Å². The maximum absolute atomic E-state index is 13.1. The number of nitrogens with one attached hydrogen (secondary N) is 1. The van der Waals surface area contributed by atoms with E-state index in [0.717, 1.165) is 12.2 Å². The van der Waals surface area contributed by atoms with Gasteiger partial charge < -0.3 is 10.2 Å². The van der Waals surface area contributed by atoms with Crippen molar-refractivity contribution in [3.8, 4) is 0 Å². The van der Waals surface area contributed by atoms with Crippen LogP contribution >= 0.6 is 0 Å². The highest BCUT2D eigenvalue weighted by Gasteiger charge is 2.26. The van der Waals surface area contributed by atoms with Crippen LogP contribution < -0.4 is 10.2 Å². The zero-order chi connectivity index (χ0) is 12.3. The minimum Gasteiger partial charge on any atom is -0.374 e. The molecule has 1 saturated carbocycles. The lowest BCUT2D eigenvalue weighted by Gasteiger charge is -2.27. The Morgan fingerprint density at radius 1 is 1.41 bits per heavy atom. The third-order valence-electron chi connectivity index (χ3n) is 3.79. The molecule has 0 heterocycles. The topological polar surface area (TPSA) is 15.3 Å². The molecule has 0 saturated heterocycles. The summed E-state index contributed by atoms with van der Waals surface area (Å²) in [6.07, 6.45) is 3.83. The van der Waals surface area contributed by atoms with Crippen molar-refractivity contribution in [1.29, 1.82) is 0 Å². The van der Waals surface area contributed by atoms with Crippen LogP contribution in [0.15, 0.2) is 24.3 Å². The van der Waals surface area contributed by atoms with Crippen LogP contribution in [0.1, 0.15) is 19.3 Å². The monoisotopic (exact) mass is 236 g/mol. The first kappa shape index (κ1) is 12.4. The van der Waals surface area contributed by atoms with Gasteiger partial charge in [0.2, 0.25) is 0 Å². The summed E-state index contributed by atoms with van der Waals surface area (Å²) in [6, 6.07) is 7.44. The van der Waals surface area contributed by atoms with Gasteiger partial charge in [-0.05, 0) is 44.0 Å². The summed E-state index contributed by atoms with van der Waals surface area (Å²) < 4.78 is 13.1. The molecule has 3 heteroatoms. The molecule has 1 aromatic rings. The molecule has 2 nitrogen and oxygen atoms in total. The number of nitrogens with zero attached hydrogens (tertiary/aromatic N) is 1. The zero-order valence-electron chi connectivity index (χ0n) is 10.6. The van der Waals surface area contributed by atoms with Gasteiger partial charge in [-0.3, -0.25) is 0 Å². The molecule has 2 rings (SSSR count). The van der Waals surface area contributed by atoms with Gasteiger partial charge in [0.1, 0.15) is 5.82 Å². The molecule has 0 radical (unpaired) electrons. The Kier molecular flexibility index (Phi) is 4.00. The van der Waals surface area contributed by atoms with Gasteiger partial charge in [-0.15, -0.1) is 0 Å². The van der Waals surface area contributed by atoms with E-state index in [-0.39, 0.29) is 5.82 Å². The molecule has 17 heavy (non-hydrogen) atoms. The Morgan fingerprint density at radius 2 is 2.24 bits per heavy atom. The number of halogens is 1. The largest absolute Gasteiger partial charge is 0.374 e. The molecule has 1 aliphatic rings. The molecule has 0 bridgehead atoms. The van der Waals surface area contributed by atoms with Crippen molar-refractivity contribution in [1.82, 2.24) is 5.32 Å². The second-order valence-electron chi connectivity index (χ2n) is 4.95. The van der Waals surface area contributed by atoms with Gasteiger partial charge in [-0.1, -0.05) is 12.5 Å². The van der Waals surface area contributed by atoms with E-state index in [1.165, 1.54) is 25.3 Å². The number of benzene rings is 1. The highest BCUT2D eigenvalue weighted by molar-refractivity contribution is 5.45. The fourth-order valence-electron chi connectivity index (χ4n) is 2.81. The normalized spacial score (nSPS) is 23.9. The molecule has 2 unspecified atom stereocenters. The van der Waals surface area contributed by atoms with Crippen molar-refractivity contribution in [2.75, 3.05) is 25.5 Å². The molecule has 1 N–H and O–H groups in total. The molecule has 1 aromatic carbocycles. The SMILES string of the molecule is CNC1CCCC1CN(C)c1cccc(F)c1. The third kappa shape index (κ3) is 2.97. The van der Waals surface area contributed by atoms with Crippen LogP contribution in [0.5, 0.6) is 0 Å². The van der Waals surface area contributed by atoms with Crippen molar-refractivity contribution in [2.45, 2.75) is 25.3 Å². The minimum atomic E-state index is -0.161. The molecule has 0 aliphatic heterocycles. The first-order valence-electron chi connectivity index (χ1n) is 6.34. The van der Waals surface area contributed by atoms with Gasteiger partial charge in [-0.25, -0.2) is 4.39 Å². The molecule has 0 spiro atoms. The summed E-state index contributed by atoms with van der Waals surface area (Å²) in [4.78, 5) is 2.16. The zero-order valence-corrected chi connectivity index (χ0v) is 10.6. The minimum absolute atomic E-state index is 0.161. The van der Waals surface area contributed by atoms with E-state index in [2.05, 4.69) is 10.2 Å². The van der Waals surface area contributed by atoms with E-state index in [1.807, 2.05) is 20.2 Å². The van der Waals surface area contributed by atoms with E-state index < -0.39 is 0 Å². The van der Waals surface area contributed by atoms with Gasteiger partial charge in [-0.2, -0.15) is 0 Å². The molecule has 1 fully saturated rings. The van der Waals surface area contributed by atoms with Gasteiger partial charge in [0.25, 0.3) is 0 Å². The highest BCUT2D eigenvalue weighted by atomic mass is 19.1. The Labute approximate surface area is 103 Å². The van der Waals surface area contributed by atoms with Crippen molar-refractivity contribution in [2.24, 2.45) is 5.92 Å². The summed E-state index contributed by atoms with van der Waals surface area (Å²) in [5, 5.41) is 3.38. The summed E-state index contributed by atoms with van der Waals surface area (Å²) in [7, 11) is 4.07. The average molecular weight is 236 g/mol. The maximum Gasteiger partial charge on any atom is 0.125 e. The second-order valence-corrected chi connectivity index (χ2v) is 4.95. The quantitative estimate of drug-likeness (QED) is 0.864. The summed E-state index contributed by atoms with van der Waals surface area (Å²) >= 11 is 0. The lowest BCUT2D eigenvalue weighted by Crippen LogP contribution is -2.36. The molecule has 0 amide bonds. The van der Waals surface area contributed by atoms with Crippen LogP contribution in [0.2, 0.25) is 0 Å². The van der Waals surface area contributed by atoms with E-state index >= 15 is 0 Å². The molecular weight excluding hydrogens is 215 g/mol. The van der Waals surface area contributed by atoms with Crippen LogP contribution in [0.3, 0.4) is 0 Å². The number of anilines is 1. The number of hydrogen-bond donors (Lipinski definition) is 1. The van der Waals surface area contributed by atoms with Crippen LogP contribution in [-0.4, -0.2) is 26.7 Å². The van der Waals surface area contributed by atoms with Crippen molar-refractivity contribution in [3.63, 3.8) is 0 Å². The van der Waals surface area contributed by atoms with E-state index in [9.17, 15) is 4.39 Å². The van der Waals surface area contributed by atoms with Gasteiger partial charge >= 0.3 is 0 Å². The van der Waals surface area contributed by atoms with Gasteiger partial charge in [0, 0.05) is 25.3 Å². The van der Waals surface area contributed by atoms with Crippen molar-refractivity contribution in [3.05, 3.63) is 30.1 Å². The predicted octanol–water partition coefficient (Wildman–Crippen LogP) is 2.65. The maximum atomic E-state index is 13.1. The molecule has 94 valence electrons. The fourth-order valence-corrected chi connectivity index (χ4v) is 2.81. The first-order valence-corrected chi connectivity index (χ1v) is 6.34. The third-order valence-corrected chi connectivity index (χ3v) is 3.79. The Bertz CT molecular complexity index is 367. The van der Waals surface area contributed by atoms with Crippen molar-refractivity contribution >= 4 is 5.69 Å². The number of rotatable bonds is 4. The predicted molar refractivity (Wildman–Crippen MR) is 69.9 cm³/mol. The molecule has 1 aliphatic carbocycles. The first-order chi connectivity index (χ1) is 8.20. The van der Waals surface area contributed by atoms with E-state index in [1.54, 1.807) is 12.1 Å². The molecule has 0 aromatic heterocycles. The second kappa shape index (κ2) is 5.50. The smallest absolute Gasteiger partial charge is 0.125 e. The fraction of sp³-hybridized carbons (Fsp3) is 0.571. The molecular formula is C14H21FN2. The highest BCUT2D eigenvalue weighted by Crippen LogP contribution is 2.27. The van der Waals surface area contributed by atoms with Crippen LogP contribution in [0.25, 0.3) is 0 Å². The van der Waals surface area contributed by atoms with Crippen LogP contribution in [0, 0.1) is 11.7 Å². The Hall–Kier alpha value is -1.09. The Morgan fingerprint density at radius 3 is 2.94 bits per heavy atom. The lowest BCUT2D eigenvalue weighted by molar-refractivity contribution is 0.428. The van der Waals surface area contributed by atoms with Crippen LogP contribution in [0.4, 0.5) is 10.1 Å². The van der Waals surface area contributed by atoms with Crippen LogP contribution in [-0.2, 0) is 0 Å². The standard InChI is InChI=1S/C14H21FN2/c1-16-14-8-3-5-11(14)10-17(2)13-7-4-6-12(15)9-13/h4,6-7,9,11,14,16H,3,5,8,10H2,1-2H3. The average Bonchev–Trinajstić information content (AvgIpc) is 2.76. The van der Waals surface area contributed by atoms with E-state index in [0.29, 0.717) is 12.0 Å². The van der Waals surface area contributed by atoms with Gasteiger partial charge in [0.05, 0.1) is 0 Å². The summed E-state index contributed by atoms with van der Waals surface area (Å²) in [5.41, 5.74) is 0.965. The lowest BCUT2D eigenvalue weighted by atomic mass is 10.0. The number of hydrogen-bond acceptors (Lipinski definition) is 2. The van der Waals surface area contributed by atoms with Crippen molar-refractivity contribution < 1.29 is 4.39 Å². The Balaban J connectivity index is 1.99.